The lowest BCUT2D eigenvalue weighted by molar-refractivity contribution is -0.129. The smallest absolute Gasteiger partial charge is 0.236 e. The van der Waals surface area contributed by atoms with E-state index in [0.29, 0.717) is 5.56 Å². The number of hydrogen-bond donors (Lipinski definition) is 0. The van der Waals surface area contributed by atoms with Crippen molar-refractivity contribution in [3.8, 4) is 0 Å². The molecule has 1 aromatic rings. The second-order valence-corrected chi connectivity index (χ2v) is 4.93. The van der Waals surface area contributed by atoms with Gasteiger partial charge in [0.2, 0.25) is 5.91 Å². The third-order valence-corrected chi connectivity index (χ3v) is 2.51. The molecule has 88 valence electrons. The van der Waals surface area contributed by atoms with Crippen LogP contribution in [-0.2, 0) is 11.3 Å². The van der Waals surface area contributed by atoms with Gasteiger partial charge >= 0.3 is 0 Å². The molecule has 1 rings (SSSR count). The average molecular weight is 292 g/mol. The van der Waals surface area contributed by atoms with Gasteiger partial charge in [-0.3, -0.25) is 4.79 Å². The number of nitrogens with zero attached hydrogens (tertiary/aromatic N) is 1. The summed E-state index contributed by atoms with van der Waals surface area (Å²) in [4.78, 5) is 12.7. The molecular formula is C11H12BrF2NO. The van der Waals surface area contributed by atoms with Gasteiger partial charge in [-0.1, -0.05) is 22.0 Å². The number of benzene rings is 1. The monoisotopic (exact) mass is 291 g/mol. The molecule has 0 saturated heterocycles. The highest BCUT2D eigenvalue weighted by Crippen LogP contribution is 2.12. The summed E-state index contributed by atoms with van der Waals surface area (Å²) in [7, 11) is 1.61. The highest BCUT2D eigenvalue weighted by atomic mass is 79.9. The Labute approximate surface area is 101 Å². The van der Waals surface area contributed by atoms with Gasteiger partial charge in [0.25, 0.3) is 0 Å². The second-order valence-electron chi connectivity index (χ2n) is 3.56. The van der Waals surface area contributed by atoms with Gasteiger partial charge in [0.05, 0.1) is 4.83 Å². The first-order valence-corrected chi connectivity index (χ1v) is 5.66. The van der Waals surface area contributed by atoms with Crippen LogP contribution in [0.5, 0.6) is 0 Å². The average Bonchev–Trinajstić information content (AvgIpc) is 2.22. The topological polar surface area (TPSA) is 20.3 Å². The Morgan fingerprint density at radius 1 is 1.44 bits per heavy atom. The molecule has 0 aliphatic carbocycles. The molecule has 1 unspecified atom stereocenters. The first-order valence-electron chi connectivity index (χ1n) is 4.74. The van der Waals surface area contributed by atoms with Gasteiger partial charge in [0, 0.05) is 13.6 Å². The molecular weight excluding hydrogens is 280 g/mol. The molecule has 0 spiro atoms. The van der Waals surface area contributed by atoms with Crippen LogP contribution in [0.25, 0.3) is 0 Å². The minimum atomic E-state index is -0.898. The van der Waals surface area contributed by atoms with Crippen LogP contribution in [0.1, 0.15) is 12.5 Å². The Hall–Kier alpha value is -0.970. The van der Waals surface area contributed by atoms with E-state index >= 15 is 0 Å². The fourth-order valence-corrected chi connectivity index (χ4v) is 1.64. The largest absolute Gasteiger partial charge is 0.340 e. The number of hydrogen-bond acceptors (Lipinski definition) is 1. The lowest BCUT2D eigenvalue weighted by Crippen LogP contribution is -2.31. The Morgan fingerprint density at radius 2 is 2.06 bits per heavy atom. The zero-order valence-corrected chi connectivity index (χ0v) is 10.6. The molecule has 0 radical (unpaired) electrons. The Kier molecular flexibility index (Phi) is 4.41. The van der Waals surface area contributed by atoms with E-state index < -0.39 is 11.6 Å². The molecule has 1 atom stereocenters. The molecule has 1 aromatic carbocycles. The summed E-state index contributed by atoms with van der Waals surface area (Å²) < 4.78 is 25.6. The van der Waals surface area contributed by atoms with E-state index in [2.05, 4.69) is 15.9 Å². The lowest BCUT2D eigenvalue weighted by atomic mass is 10.2. The fourth-order valence-electron chi connectivity index (χ4n) is 1.29. The van der Waals surface area contributed by atoms with Crippen molar-refractivity contribution in [2.45, 2.75) is 18.3 Å². The third kappa shape index (κ3) is 3.27. The molecule has 16 heavy (non-hydrogen) atoms. The Morgan fingerprint density at radius 3 is 2.56 bits per heavy atom. The molecule has 5 heteroatoms. The molecule has 0 aromatic heterocycles. The SMILES string of the molecule is CC(Br)C(=O)N(C)Cc1ccc(F)c(F)c1. The molecule has 0 aliphatic heterocycles. The van der Waals surface area contributed by atoms with Gasteiger partial charge in [0.15, 0.2) is 11.6 Å². The Balaban J connectivity index is 2.73. The van der Waals surface area contributed by atoms with Crippen molar-refractivity contribution in [1.82, 2.24) is 4.90 Å². The van der Waals surface area contributed by atoms with Crippen molar-refractivity contribution in [1.29, 1.82) is 0 Å². The zero-order chi connectivity index (χ0) is 12.3. The fraction of sp³-hybridized carbons (Fsp3) is 0.364. The first kappa shape index (κ1) is 13.1. The van der Waals surface area contributed by atoms with Crippen LogP contribution >= 0.6 is 15.9 Å². The highest BCUT2D eigenvalue weighted by Gasteiger charge is 2.14. The van der Waals surface area contributed by atoms with E-state index in [4.69, 9.17) is 0 Å². The van der Waals surface area contributed by atoms with E-state index in [-0.39, 0.29) is 17.3 Å². The van der Waals surface area contributed by atoms with Crippen LogP contribution in [0, 0.1) is 11.6 Å². The summed E-state index contributed by atoms with van der Waals surface area (Å²) in [6.07, 6.45) is 0. The number of carbonyl (C=O) groups is 1. The van der Waals surface area contributed by atoms with Gasteiger partial charge in [-0.05, 0) is 24.6 Å². The summed E-state index contributed by atoms with van der Waals surface area (Å²) in [5.41, 5.74) is 0.558. The molecule has 0 bridgehead atoms. The summed E-state index contributed by atoms with van der Waals surface area (Å²) in [6.45, 7) is 1.97. The van der Waals surface area contributed by atoms with Crippen LogP contribution in [0.15, 0.2) is 18.2 Å². The summed E-state index contributed by atoms with van der Waals surface area (Å²) in [5, 5.41) is 0. The van der Waals surface area contributed by atoms with Crippen molar-refractivity contribution in [3.63, 3.8) is 0 Å². The van der Waals surface area contributed by atoms with Crippen LogP contribution in [0.3, 0.4) is 0 Å². The zero-order valence-electron chi connectivity index (χ0n) is 9.01. The lowest BCUT2D eigenvalue weighted by Gasteiger charge is -2.18. The van der Waals surface area contributed by atoms with Gasteiger partial charge in [-0.2, -0.15) is 0 Å². The predicted molar refractivity (Wildman–Crippen MR) is 61.2 cm³/mol. The van der Waals surface area contributed by atoms with E-state index in [0.717, 1.165) is 12.1 Å². The molecule has 0 heterocycles. The molecule has 0 fully saturated rings. The van der Waals surface area contributed by atoms with Crippen molar-refractivity contribution < 1.29 is 13.6 Å². The van der Waals surface area contributed by atoms with E-state index in [1.54, 1.807) is 14.0 Å². The number of rotatable bonds is 3. The molecule has 0 saturated carbocycles. The van der Waals surface area contributed by atoms with Crippen molar-refractivity contribution in [2.75, 3.05) is 7.05 Å². The highest BCUT2D eigenvalue weighted by molar-refractivity contribution is 9.10. The quantitative estimate of drug-likeness (QED) is 0.784. The summed E-state index contributed by atoms with van der Waals surface area (Å²) in [5.74, 6) is -1.89. The number of carbonyl (C=O) groups excluding carboxylic acids is 1. The summed E-state index contributed by atoms with van der Waals surface area (Å²) >= 11 is 3.15. The number of alkyl halides is 1. The molecule has 2 nitrogen and oxygen atoms in total. The normalized spacial score (nSPS) is 12.3. The van der Waals surface area contributed by atoms with E-state index in [9.17, 15) is 13.6 Å². The van der Waals surface area contributed by atoms with Crippen LogP contribution in [-0.4, -0.2) is 22.7 Å². The minimum absolute atomic E-state index is 0.107. The molecule has 0 N–H and O–H groups in total. The van der Waals surface area contributed by atoms with Crippen LogP contribution in [0.4, 0.5) is 8.78 Å². The van der Waals surface area contributed by atoms with E-state index in [1.165, 1.54) is 11.0 Å². The number of halogens is 3. The van der Waals surface area contributed by atoms with Crippen molar-refractivity contribution in [3.05, 3.63) is 35.4 Å². The van der Waals surface area contributed by atoms with E-state index in [1.807, 2.05) is 0 Å². The van der Waals surface area contributed by atoms with Gasteiger partial charge in [0.1, 0.15) is 0 Å². The van der Waals surface area contributed by atoms with Crippen LogP contribution < -0.4 is 0 Å². The maximum absolute atomic E-state index is 12.9. The maximum atomic E-state index is 12.9. The maximum Gasteiger partial charge on any atom is 0.236 e. The predicted octanol–water partition coefficient (Wildman–Crippen LogP) is 2.71. The second kappa shape index (κ2) is 5.39. The summed E-state index contributed by atoms with van der Waals surface area (Å²) in [6, 6.07) is 3.61. The van der Waals surface area contributed by atoms with Crippen molar-refractivity contribution >= 4 is 21.8 Å². The third-order valence-electron chi connectivity index (χ3n) is 2.12. The molecule has 1 amide bonds. The van der Waals surface area contributed by atoms with Crippen molar-refractivity contribution in [2.24, 2.45) is 0 Å². The number of amides is 1. The molecule has 0 aliphatic rings. The van der Waals surface area contributed by atoms with Gasteiger partial charge in [-0.15, -0.1) is 0 Å². The first-order chi connectivity index (χ1) is 7.41. The van der Waals surface area contributed by atoms with Crippen LogP contribution in [0.2, 0.25) is 0 Å². The van der Waals surface area contributed by atoms with Gasteiger partial charge in [-0.25, -0.2) is 8.78 Å². The minimum Gasteiger partial charge on any atom is -0.340 e. The Bertz CT molecular complexity index is 396. The standard InChI is InChI=1S/C11H12BrF2NO/c1-7(12)11(16)15(2)6-8-3-4-9(13)10(14)5-8/h3-5,7H,6H2,1-2H3. The van der Waals surface area contributed by atoms with Gasteiger partial charge < -0.3 is 4.90 Å².